The fourth-order valence-corrected chi connectivity index (χ4v) is 1.99. The van der Waals surface area contributed by atoms with Crippen molar-refractivity contribution in [2.24, 2.45) is 0 Å². The predicted octanol–water partition coefficient (Wildman–Crippen LogP) is 2.79. The van der Waals surface area contributed by atoms with Gasteiger partial charge in [-0.05, 0) is 37.7 Å². The lowest BCUT2D eigenvalue weighted by Gasteiger charge is -2.18. The third-order valence-corrected chi connectivity index (χ3v) is 3.25. The van der Waals surface area contributed by atoms with Gasteiger partial charge in [0.25, 0.3) is 0 Å². The monoisotopic (exact) mass is 267 g/mol. The summed E-state index contributed by atoms with van der Waals surface area (Å²) >= 11 is 3.86. The van der Waals surface area contributed by atoms with Gasteiger partial charge in [-0.3, -0.25) is 4.79 Å². The summed E-state index contributed by atoms with van der Waals surface area (Å²) in [6.45, 7) is 9.72. The van der Waals surface area contributed by atoms with E-state index < -0.39 is 0 Å². The molecule has 18 heavy (non-hydrogen) atoms. The SMILES string of the molecule is CCN(CC)CCOc1ccc(C)c(C(=O)S)c1. The van der Waals surface area contributed by atoms with Crippen LogP contribution in [0, 0.1) is 6.92 Å². The normalized spacial score (nSPS) is 10.7. The lowest BCUT2D eigenvalue weighted by Crippen LogP contribution is -2.27. The maximum absolute atomic E-state index is 11.3. The van der Waals surface area contributed by atoms with Crippen LogP contribution in [0.3, 0.4) is 0 Å². The molecule has 4 heteroatoms. The van der Waals surface area contributed by atoms with E-state index in [0.717, 1.165) is 30.9 Å². The molecule has 0 saturated carbocycles. The number of carbonyl (C=O) groups is 1. The molecule has 0 aliphatic heterocycles. The molecule has 0 aromatic heterocycles. The van der Waals surface area contributed by atoms with E-state index in [0.29, 0.717) is 12.2 Å². The number of hydrogen-bond donors (Lipinski definition) is 1. The topological polar surface area (TPSA) is 29.5 Å². The Kier molecular flexibility index (Phi) is 6.22. The number of ether oxygens (including phenoxy) is 1. The summed E-state index contributed by atoms with van der Waals surface area (Å²) in [6.07, 6.45) is 0. The highest BCUT2D eigenvalue weighted by Crippen LogP contribution is 2.18. The maximum atomic E-state index is 11.3. The first-order chi connectivity index (χ1) is 8.58. The molecule has 0 radical (unpaired) electrons. The van der Waals surface area contributed by atoms with Crippen molar-refractivity contribution in [3.63, 3.8) is 0 Å². The first kappa shape index (κ1) is 15.1. The van der Waals surface area contributed by atoms with Crippen molar-refractivity contribution in [3.8, 4) is 5.75 Å². The number of aryl methyl sites for hydroxylation is 1. The highest BCUT2D eigenvalue weighted by Gasteiger charge is 2.07. The largest absolute Gasteiger partial charge is 0.492 e. The van der Waals surface area contributed by atoms with E-state index in [-0.39, 0.29) is 5.12 Å². The van der Waals surface area contributed by atoms with Crippen LogP contribution < -0.4 is 4.74 Å². The Morgan fingerprint density at radius 2 is 2.00 bits per heavy atom. The Hall–Kier alpha value is -1.00. The first-order valence-corrected chi connectivity index (χ1v) is 6.72. The van der Waals surface area contributed by atoms with Crippen molar-refractivity contribution in [1.29, 1.82) is 0 Å². The lowest BCUT2D eigenvalue weighted by atomic mass is 10.1. The van der Waals surface area contributed by atoms with E-state index in [2.05, 4.69) is 31.4 Å². The summed E-state index contributed by atoms with van der Waals surface area (Å²) in [5.41, 5.74) is 1.53. The van der Waals surface area contributed by atoms with Crippen molar-refractivity contribution in [3.05, 3.63) is 29.3 Å². The summed E-state index contributed by atoms with van der Waals surface area (Å²) in [4.78, 5) is 13.6. The fraction of sp³-hybridized carbons (Fsp3) is 0.500. The molecule has 0 aliphatic rings. The van der Waals surface area contributed by atoms with Crippen LogP contribution in [0.4, 0.5) is 0 Å². The Balaban J connectivity index is 2.58. The molecule has 1 rings (SSSR count). The minimum absolute atomic E-state index is 0.221. The van der Waals surface area contributed by atoms with E-state index in [1.807, 2.05) is 19.1 Å². The highest BCUT2D eigenvalue weighted by atomic mass is 32.1. The van der Waals surface area contributed by atoms with Crippen LogP contribution in [0.15, 0.2) is 18.2 Å². The van der Waals surface area contributed by atoms with Crippen LogP contribution in [-0.4, -0.2) is 36.3 Å². The minimum atomic E-state index is -0.221. The van der Waals surface area contributed by atoms with Crippen molar-refractivity contribution in [2.45, 2.75) is 20.8 Å². The molecule has 0 amide bonds. The quantitative estimate of drug-likeness (QED) is 0.770. The third kappa shape index (κ3) is 4.35. The molecular weight excluding hydrogens is 246 g/mol. The molecule has 0 atom stereocenters. The number of benzene rings is 1. The number of likely N-dealkylation sites (N-methyl/N-ethyl adjacent to an activating group) is 1. The van der Waals surface area contributed by atoms with Crippen molar-refractivity contribution >= 4 is 17.7 Å². The molecule has 0 fully saturated rings. The second-order valence-electron chi connectivity index (χ2n) is 4.16. The third-order valence-electron chi connectivity index (χ3n) is 3.01. The minimum Gasteiger partial charge on any atom is -0.492 e. The number of carbonyl (C=O) groups excluding carboxylic acids is 1. The summed E-state index contributed by atoms with van der Waals surface area (Å²) in [5, 5.41) is -0.221. The van der Waals surface area contributed by atoms with Crippen LogP contribution in [0.5, 0.6) is 5.75 Å². The van der Waals surface area contributed by atoms with Crippen molar-refractivity contribution in [1.82, 2.24) is 4.90 Å². The van der Waals surface area contributed by atoms with E-state index in [1.165, 1.54) is 0 Å². The van der Waals surface area contributed by atoms with Crippen molar-refractivity contribution < 1.29 is 9.53 Å². The van der Waals surface area contributed by atoms with E-state index >= 15 is 0 Å². The maximum Gasteiger partial charge on any atom is 0.216 e. The molecule has 3 nitrogen and oxygen atoms in total. The Bertz CT molecular complexity index is 403. The van der Waals surface area contributed by atoms with Gasteiger partial charge in [-0.1, -0.05) is 19.9 Å². The van der Waals surface area contributed by atoms with Gasteiger partial charge < -0.3 is 9.64 Å². The molecule has 0 unspecified atom stereocenters. The Labute approximate surface area is 115 Å². The molecule has 0 saturated heterocycles. The van der Waals surface area contributed by atoms with Crippen LogP contribution >= 0.6 is 12.6 Å². The molecule has 0 aliphatic carbocycles. The fourth-order valence-electron chi connectivity index (χ4n) is 1.75. The zero-order valence-electron chi connectivity index (χ0n) is 11.3. The number of hydrogen-bond acceptors (Lipinski definition) is 3. The van der Waals surface area contributed by atoms with Gasteiger partial charge in [0, 0.05) is 12.1 Å². The molecular formula is C14H21NO2S. The number of rotatable bonds is 7. The molecule has 1 aromatic rings. The van der Waals surface area contributed by atoms with Gasteiger partial charge in [-0.2, -0.15) is 0 Å². The van der Waals surface area contributed by atoms with Crippen LogP contribution in [0.2, 0.25) is 0 Å². The molecule has 0 heterocycles. The van der Waals surface area contributed by atoms with Crippen LogP contribution in [0.25, 0.3) is 0 Å². The van der Waals surface area contributed by atoms with E-state index in [4.69, 9.17) is 4.74 Å². The van der Waals surface area contributed by atoms with Gasteiger partial charge in [-0.15, -0.1) is 12.6 Å². The predicted molar refractivity (Wildman–Crippen MR) is 77.8 cm³/mol. The lowest BCUT2D eigenvalue weighted by molar-refractivity contribution is 0.109. The summed E-state index contributed by atoms with van der Waals surface area (Å²) < 4.78 is 5.66. The van der Waals surface area contributed by atoms with Crippen LogP contribution in [0.1, 0.15) is 29.8 Å². The molecule has 0 spiro atoms. The first-order valence-electron chi connectivity index (χ1n) is 6.27. The zero-order chi connectivity index (χ0) is 13.5. The van der Waals surface area contributed by atoms with Crippen molar-refractivity contribution in [2.75, 3.05) is 26.2 Å². The summed E-state index contributed by atoms with van der Waals surface area (Å²) in [7, 11) is 0. The zero-order valence-corrected chi connectivity index (χ0v) is 12.2. The standard InChI is InChI=1S/C14H21NO2S/c1-4-15(5-2)8-9-17-12-7-6-11(3)13(10-12)14(16)18/h6-7,10H,4-5,8-9H2,1-3H3,(H,16,18). The second-order valence-corrected chi connectivity index (χ2v) is 4.56. The van der Waals surface area contributed by atoms with Gasteiger partial charge in [-0.25, -0.2) is 0 Å². The molecule has 0 bridgehead atoms. The summed E-state index contributed by atoms with van der Waals surface area (Å²) in [5.74, 6) is 0.727. The van der Waals surface area contributed by atoms with E-state index in [1.54, 1.807) is 6.07 Å². The van der Waals surface area contributed by atoms with Crippen LogP contribution in [-0.2, 0) is 0 Å². The van der Waals surface area contributed by atoms with Gasteiger partial charge in [0.05, 0.1) is 0 Å². The Morgan fingerprint density at radius 1 is 1.33 bits per heavy atom. The highest BCUT2D eigenvalue weighted by molar-refractivity contribution is 7.97. The smallest absolute Gasteiger partial charge is 0.216 e. The molecule has 100 valence electrons. The second kappa shape index (κ2) is 7.44. The average Bonchev–Trinajstić information content (AvgIpc) is 2.36. The van der Waals surface area contributed by atoms with Gasteiger partial charge >= 0.3 is 0 Å². The average molecular weight is 267 g/mol. The van der Waals surface area contributed by atoms with Gasteiger partial charge in [0.1, 0.15) is 12.4 Å². The van der Waals surface area contributed by atoms with E-state index in [9.17, 15) is 4.79 Å². The number of thiol groups is 1. The number of nitrogens with zero attached hydrogens (tertiary/aromatic N) is 1. The summed E-state index contributed by atoms with van der Waals surface area (Å²) in [6, 6.07) is 5.53. The Morgan fingerprint density at radius 3 is 2.56 bits per heavy atom. The van der Waals surface area contributed by atoms with Gasteiger partial charge in [0.2, 0.25) is 5.12 Å². The molecule has 1 aromatic carbocycles. The van der Waals surface area contributed by atoms with Gasteiger partial charge in [0.15, 0.2) is 0 Å². The molecule has 0 N–H and O–H groups in total.